The minimum Gasteiger partial charge on any atom is -0.448 e. The molecule has 0 aliphatic heterocycles. The van der Waals surface area contributed by atoms with E-state index in [9.17, 15) is 0 Å². The van der Waals surface area contributed by atoms with Crippen molar-refractivity contribution in [3.05, 3.63) is 46.7 Å². The van der Waals surface area contributed by atoms with Crippen molar-refractivity contribution in [2.45, 2.75) is 13.3 Å². The predicted octanol–water partition coefficient (Wildman–Crippen LogP) is 3.12. The van der Waals surface area contributed by atoms with Crippen molar-refractivity contribution < 1.29 is 4.42 Å². The van der Waals surface area contributed by atoms with E-state index in [2.05, 4.69) is 23.4 Å². The summed E-state index contributed by atoms with van der Waals surface area (Å²) in [7, 11) is 0. The lowest BCUT2D eigenvalue weighted by Crippen LogP contribution is -1.97. The highest BCUT2D eigenvalue weighted by atomic mass is 32.1. The van der Waals surface area contributed by atoms with Gasteiger partial charge in [0.2, 0.25) is 5.89 Å². The fourth-order valence-corrected chi connectivity index (χ4v) is 2.09. The highest BCUT2D eigenvalue weighted by Crippen LogP contribution is 2.28. The monoisotopic (exact) mass is 192 g/mol. The maximum Gasteiger partial charge on any atom is 0.206 e. The second-order valence-electron chi connectivity index (χ2n) is 2.65. The molecule has 3 heteroatoms. The van der Waals surface area contributed by atoms with Crippen LogP contribution in [0, 0.1) is 5.92 Å². The summed E-state index contributed by atoms with van der Waals surface area (Å²) in [5.41, 5.74) is 0. The van der Waals surface area contributed by atoms with Crippen LogP contribution in [0.2, 0.25) is 0 Å². The van der Waals surface area contributed by atoms with Crippen LogP contribution in [0.4, 0.5) is 0 Å². The number of thiophene rings is 1. The number of aromatic nitrogens is 1. The summed E-state index contributed by atoms with van der Waals surface area (Å²) in [5, 5.41) is 2.06. The molecule has 13 heavy (non-hydrogen) atoms. The van der Waals surface area contributed by atoms with Gasteiger partial charge in [-0.05, 0) is 17.9 Å². The van der Waals surface area contributed by atoms with E-state index in [1.807, 2.05) is 6.07 Å². The van der Waals surface area contributed by atoms with E-state index >= 15 is 0 Å². The standard InChI is InChI=1S/C10H10NOS/c1-2-8(9-4-3-7-13-9)10-11-5-6-12-10/h3-7H,2H2,1H3. The fourth-order valence-electron chi connectivity index (χ4n) is 1.25. The van der Waals surface area contributed by atoms with Gasteiger partial charge in [0.25, 0.3) is 0 Å². The van der Waals surface area contributed by atoms with Crippen LogP contribution in [0.3, 0.4) is 0 Å². The number of rotatable bonds is 3. The predicted molar refractivity (Wildman–Crippen MR) is 52.6 cm³/mol. The van der Waals surface area contributed by atoms with Crippen molar-refractivity contribution in [3.63, 3.8) is 0 Å². The maximum absolute atomic E-state index is 5.27. The molecule has 0 aliphatic carbocycles. The van der Waals surface area contributed by atoms with Gasteiger partial charge in [0.15, 0.2) is 0 Å². The van der Waals surface area contributed by atoms with Gasteiger partial charge in [-0.15, -0.1) is 11.3 Å². The zero-order valence-electron chi connectivity index (χ0n) is 7.36. The maximum atomic E-state index is 5.27. The fraction of sp³-hybridized carbons (Fsp3) is 0.200. The summed E-state index contributed by atoms with van der Waals surface area (Å²) in [6.45, 7) is 2.11. The van der Waals surface area contributed by atoms with E-state index in [0.717, 1.165) is 12.3 Å². The van der Waals surface area contributed by atoms with Gasteiger partial charge in [0.05, 0.1) is 12.1 Å². The van der Waals surface area contributed by atoms with Crippen molar-refractivity contribution in [2.24, 2.45) is 0 Å². The van der Waals surface area contributed by atoms with Gasteiger partial charge in [-0.25, -0.2) is 4.98 Å². The highest BCUT2D eigenvalue weighted by Gasteiger charge is 2.17. The van der Waals surface area contributed by atoms with Gasteiger partial charge in [-0.3, -0.25) is 0 Å². The second-order valence-corrected chi connectivity index (χ2v) is 3.59. The average molecular weight is 192 g/mol. The Bertz CT molecular complexity index is 305. The Balaban J connectivity index is 2.29. The summed E-state index contributed by atoms with van der Waals surface area (Å²) in [5.74, 6) is 1.92. The molecule has 2 aromatic heterocycles. The molecule has 2 heterocycles. The molecule has 2 rings (SSSR count). The van der Waals surface area contributed by atoms with Gasteiger partial charge >= 0.3 is 0 Å². The highest BCUT2D eigenvalue weighted by molar-refractivity contribution is 7.10. The van der Waals surface area contributed by atoms with Crippen LogP contribution in [0.25, 0.3) is 0 Å². The quantitative estimate of drug-likeness (QED) is 0.746. The van der Waals surface area contributed by atoms with E-state index in [4.69, 9.17) is 4.42 Å². The molecule has 67 valence electrons. The molecule has 0 bridgehead atoms. The molecule has 2 nitrogen and oxygen atoms in total. The topological polar surface area (TPSA) is 26.0 Å². The Morgan fingerprint density at radius 1 is 1.62 bits per heavy atom. The minimum absolute atomic E-state index is 0.741. The van der Waals surface area contributed by atoms with Crippen molar-refractivity contribution in [2.75, 3.05) is 0 Å². The van der Waals surface area contributed by atoms with Crippen LogP contribution in [-0.2, 0) is 0 Å². The van der Waals surface area contributed by atoms with Crippen molar-refractivity contribution in [1.29, 1.82) is 0 Å². The van der Waals surface area contributed by atoms with E-state index in [1.54, 1.807) is 23.8 Å². The summed E-state index contributed by atoms with van der Waals surface area (Å²) in [6, 6.07) is 4.13. The summed E-state index contributed by atoms with van der Waals surface area (Å²) in [4.78, 5) is 5.39. The Labute approximate surface area is 81.2 Å². The molecule has 0 N–H and O–H groups in total. The van der Waals surface area contributed by atoms with E-state index < -0.39 is 0 Å². The van der Waals surface area contributed by atoms with E-state index in [1.165, 1.54) is 10.8 Å². The zero-order valence-corrected chi connectivity index (χ0v) is 8.17. The van der Waals surface area contributed by atoms with Crippen molar-refractivity contribution >= 4 is 11.3 Å². The minimum atomic E-state index is 0.741. The first-order valence-corrected chi connectivity index (χ1v) is 5.09. The van der Waals surface area contributed by atoms with Crippen LogP contribution in [0.5, 0.6) is 0 Å². The first-order chi connectivity index (χ1) is 6.42. The van der Waals surface area contributed by atoms with Crippen molar-refractivity contribution in [1.82, 2.24) is 4.98 Å². The molecule has 0 fully saturated rings. The van der Waals surface area contributed by atoms with Gasteiger partial charge in [0, 0.05) is 4.88 Å². The first-order valence-electron chi connectivity index (χ1n) is 4.21. The van der Waals surface area contributed by atoms with Crippen LogP contribution < -0.4 is 0 Å². The molecule has 0 saturated carbocycles. The number of oxazole rings is 1. The SMILES string of the molecule is CC[C](c1ncco1)c1cccs1. The number of hydrogen-bond donors (Lipinski definition) is 0. The van der Waals surface area contributed by atoms with Gasteiger partial charge in [-0.2, -0.15) is 0 Å². The lowest BCUT2D eigenvalue weighted by atomic mass is 10.1. The summed E-state index contributed by atoms with van der Waals surface area (Å²) >= 11 is 1.72. The van der Waals surface area contributed by atoms with Gasteiger partial charge in [-0.1, -0.05) is 13.0 Å². The lowest BCUT2D eigenvalue weighted by Gasteiger charge is -2.06. The molecule has 0 unspecified atom stereocenters. The Kier molecular flexibility index (Phi) is 2.45. The van der Waals surface area contributed by atoms with Crippen LogP contribution >= 0.6 is 11.3 Å². The average Bonchev–Trinajstić information content (AvgIpc) is 2.76. The third-order valence-electron chi connectivity index (χ3n) is 1.86. The number of hydrogen-bond acceptors (Lipinski definition) is 3. The first kappa shape index (κ1) is 8.51. The summed E-state index contributed by atoms with van der Waals surface area (Å²) in [6.07, 6.45) is 4.23. The molecule has 1 radical (unpaired) electrons. The molecule has 0 spiro atoms. The van der Waals surface area contributed by atoms with Crippen molar-refractivity contribution in [3.8, 4) is 0 Å². The molecular formula is C10H10NOS. The zero-order chi connectivity index (χ0) is 9.10. The van der Waals surface area contributed by atoms with Gasteiger partial charge < -0.3 is 4.42 Å². The molecule has 0 amide bonds. The molecule has 0 aliphatic rings. The number of nitrogens with zero attached hydrogens (tertiary/aromatic N) is 1. The molecule has 2 aromatic rings. The normalized spacial score (nSPS) is 10.9. The third kappa shape index (κ3) is 1.65. The largest absolute Gasteiger partial charge is 0.448 e. The van der Waals surface area contributed by atoms with Crippen LogP contribution in [-0.4, -0.2) is 4.98 Å². The van der Waals surface area contributed by atoms with E-state index in [0.29, 0.717) is 0 Å². The molecule has 0 atom stereocenters. The third-order valence-corrected chi connectivity index (χ3v) is 2.79. The van der Waals surface area contributed by atoms with Crippen LogP contribution in [0.1, 0.15) is 24.1 Å². The van der Waals surface area contributed by atoms with E-state index in [-0.39, 0.29) is 0 Å². The molecule has 0 saturated heterocycles. The second kappa shape index (κ2) is 3.75. The smallest absolute Gasteiger partial charge is 0.206 e. The lowest BCUT2D eigenvalue weighted by molar-refractivity contribution is 0.511. The Hall–Kier alpha value is -1.09. The Morgan fingerprint density at radius 2 is 2.54 bits per heavy atom. The Morgan fingerprint density at radius 3 is 3.08 bits per heavy atom. The molecule has 0 aromatic carbocycles. The van der Waals surface area contributed by atoms with Gasteiger partial charge in [0.1, 0.15) is 6.26 Å². The van der Waals surface area contributed by atoms with Crippen LogP contribution in [0.15, 0.2) is 34.4 Å². The summed E-state index contributed by atoms with van der Waals surface area (Å²) < 4.78 is 5.27. The molecular weight excluding hydrogens is 182 g/mol.